The van der Waals surface area contributed by atoms with Gasteiger partial charge in [-0.1, -0.05) is 295 Å². The Hall–Kier alpha value is -1.17. The van der Waals surface area contributed by atoms with Gasteiger partial charge in [0.1, 0.15) is 6.10 Å². The van der Waals surface area contributed by atoms with Crippen LogP contribution < -0.4 is 5.32 Å². The molecule has 1 amide bonds. The van der Waals surface area contributed by atoms with Gasteiger partial charge in [0.15, 0.2) is 0 Å². The second kappa shape index (κ2) is 51.5. The summed E-state index contributed by atoms with van der Waals surface area (Å²) in [5.41, 5.74) is 0. The van der Waals surface area contributed by atoms with Crippen molar-refractivity contribution in [3.8, 4) is 0 Å². The molecule has 3 unspecified atom stereocenters. The quantitative estimate of drug-likeness (QED) is 0.0362. The van der Waals surface area contributed by atoms with Crippen molar-refractivity contribution in [2.45, 2.75) is 321 Å². The first-order chi connectivity index (χ1) is 30.1. The van der Waals surface area contributed by atoms with Crippen molar-refractivity contribution in [2.75, 3.05) is 6.61 Å². The van der Waals surface area contributed by atoms with E-state index in [9.17, 15) is 20.1 Å². The monoisotopic (exact) mass is 860 g/mol. The number of carbonyl (C=O) groups is 1. The summed E-state index contributed by atoms with van der Waals surface area (Å²) in [6.07, 6.45) is 65.5. The van der Waals surface area contributed by atoms with Crippen LogP contribution in [0.2, 0.25) is 0 Å². The normalized spacial score (nSPS) is 13.5. The van der Waals surface area contributed by atoms with Crippen LogP contribution in [0, 0.1) is 0 Å². The number of nitrogens with one attached hydrogen (secondary N) is 1. The zero-order chi connectivity index (χ0) is 44.4. The SMILES string of the molecule is CCCCCCCCCCCCCC/C=C/CC/C=C/C(O)C(CO)NC(=O)C(O)CCCCCCCCCCCCCCCCCCCCCCCCCCCCCCC. The van der Waals surface area contributed by atoms with Crippen LogP contribution in [0.15, 0.2) is 24.3 Å². The van der Waals surface area contributed by atoms with Gasteiger partial charge in [0.05, 0.1) is 18.8 Å². The predicted octanol–water partition coefficient (Wildman–Crippen LogP) is 16.9. The first-order valence-corrected chi connectivity index (χ1v) is 27.7. The molecule has 0 bridgehead atoms. The minimum atomic E-state index is -1.10. The Morgan fingerprint density at radius 1 is 0.393 bits per heavy atom. The van der Waals surface area contributed by atoms with E-state index >= 15 is 0 Å². The fourth-order valence-electron chi connectivity index (χ4n) is 8.73. The zero-order valence-electron chi connectivity index (χ0n) is 41.3. The largest absolute Gasteiger partial charge is 0.394 e. The number of rotatable bonds is 51. The Labute approximate surface area is 382 Å². The van der Waals surface area contributed by atoms with Gasteiger partial charge in [-0.2, -0.15) is 0 Å². The van der Waals surface area contributed by atoms with Gasteiger partial charge in [0, 0.05) is 0 Å². The fraction of sp³-hybridized carbons (Fsp3) is 0.911. The van der Waals surface area contributed by atoms with Gasteiger partial charge in [0.25, 0.3) is 0 Å². The minimum absolute atomic E-state index is 0.372. The molecule has 0 aromatic rings. The van der Waals surface area contributed by atoms with E-state index in [1.165, 1.54) is 244 Å². The van der Waals surface area contributed by atoms with E-state index in [4.69, 9.17) is 0 Å². The molecular weight excluding hydrogens is 751 g/mol. The number of hydrogen-bond donors (Lipinski definition) is 4. The van der Waals surface area contributed by atoms with Crippen molar-refractivity contribution in [3.63, 3.8) is 0 Å². The summed E-state index contributed by atoms with van der Waals surface area (Å²) in [7, 11) is 0. The van der Waals surface area contributed by atoms with E-state index in [2.05, 4.69) is 31.3 Å². The molecular formula is C56H109NO4. The Balaban J connectivity index is 3.55. The second-order valence-electron chi connectivity index (χ2n) is 19.1. The smallest absolute Gasteiger partial charge is 0.249 e. The maximum absolute atomic E-state index is 12.5. The van der Waals surface area contributed by atoms with Gasteiger partial charge in [-0.3, -0.25) is 4.79 Å². The van der Waals surface area contributed by atoms with Crippen LogP contribution >= 0.6 is 0 Å². The highest BCUT2D eigenvalue weighted by atomic mass is 16.3. The van der Waals surface area contributed by atoms with Gasteiger partial charge in [-0.25, -0.2) is 0 Å². The number of unbranched alkanes of at least 4 members (excludes halogenated alkanes) is 41. The molecule has 61 heavy (non-hydrogen) atoms. The summed E-state index contributed by atoms with van der Waals surface area (Å²) < 4.78 is 0. The zero-order valence-corrected chi connectivity index (χ0v) is 41.3. The van der Waals surface area contributed by atoms with E-state index < -0.39 is 24.2 Å². The van der Waals surface area contributed by atoms with Crippen molar-refractivity contribution in [1.29, 1.82) is 0 Å². The van der Waals surface area contributed by atoms with Gasteiger partial charge < -0.3 is 20.6 Å². The van der Waals surface area contributed by atoms with Crippen molar-refractivity contribution in [1.82, 2.24) is 5.32 Å². The summed E-state index contributed by atoms with van der Waals surface area (Å²) in [5, 5.41) is 33.3. The first kappa shape index (κ1) is 59.8. The highest BCUT2D eigenvalue weighted by Gasteiger charge is 2.22. The molecule has 0 heterocycles. The van der Waals surface area contributed by atoms with E-state index in [0.717, 1.165) is 38.5 Å². The molecule has 5 heteroatoms. The average Bonchev–Trinajstić information content (AvgIpc) is 3.26. The molecule has 0 aliphatic rings. The van der Waals surface area contributed by atoms with Crippen LogP contribution in [-0.4, -0.2) is 46.1 Å². The van der Waals surface area contributed by atoms with E-state index in [1.807, 2.05) is 6.08 Å². The summed E-state index contributed by atoms with van der Waals surface area (Å²) in [6, 6.07) is -0.812. The molecule has 0 saturated carbocycles. The Bertz CT molecular complexity index is 905. The molecule has 0 aromatic heterocycles. The molecule has 3 atom stereocenters. The first-order valence-electron chi connectivity index (χ1n) is 27.7. The van der Waals surface area contributed by atoms with Crippen LogP contribution in [0.4, 0.5) is 0 Å². The standard InChI is InChI=1S/C56H109NO4/c1-3-5-7-9-11-13-15-17-19-21-23-24-25-26-27-28-29-30-31-32-33-35-37-39-41-43-45-47-49-51-55(60)56(61)57-53(52-58)54(59)50-48-46-44-42-40-38-36-34-22-20-18-16-14-12-10-8-6-4-2/h40,42,48,50,53-55,58-60H,3-39,41,43-47,49,51-52H2,1-2H3,(H,57,61)/b42-40+,50-48+. The summed E-state index contributed by atoms with van der Waals surface area (Å²) >= 11 is 0. The molecule has 0 spiro atoms. The van der Waals surface area contributed by atoms with Gasteiger partial charge >= 0.3 is 0 Å². The van der Waals surface area contributed by atoms with Crippen molar-refractivity contribution < 1.29 is 20.1 Å². The van der Waals surface area contributed by atoms with Crippen LogP contribution in [0.3, 0.4) is 0 Å². The van der Waals surface area contributed by atoms with Gasteiger partial charge in [-0.15, -0.1) is 0 Å². The number of allylic oxidation sites excluding steroid dienone is 3. The van der Waals surface area contributed by atoms with Gasteiger partial charge in [-0.05, 0) is 32.1 Å². The molecule has 0 saturated heterocycles. The van der Waals surface area contributed by atoms with Crippen molar-refractivity contribution >= 4 is 5.91 Å². The summed E-state index contributed by atoms with van der Waals surface area (Å²) in [5.74, 6) is -0.507. The highest BCUT2D eigenvalue weighted by Crippen LogP contribution is 2.18. The van der Waals surface area contributed by atoms with E-state index in [1.54, 1.807) is 6.08 Å². The molecule has 4 N–H and O–H groups in total. The van der Waals surface area contributed by atoms with Gasteiger partial charge in [0.2, 0.25) is 5.91 Å². The molecule has 0 radical (unpaired) electrons. The molecule has 0 rings (SSSR count). The lowest BCUT2D eigenvalue weighted by molar-refractivity contribution is -0.131. The third-order valence-corrected chi connectivity index (χ3v) is 13.0. The maximum atomic E-state index is 12.5. The van der Waals surface area contributed by atoms with Crippen molar-refractivity contribution in [3.05, 3.63) is 24.3 Å². The number of amides is 1. The van der Waals surface area contributed by atoms with Crippen molar-refractivity contribution in [2.24, 2.45) is 0 Å². The average molecular weight is 860 g/mol. The summed E-state index contributed by atoms with van der Waals surface area (Å²) in [6.45, 7) is 4.20. The third kappa shape index (κ3) is 46.6. The number of aliphatic hydroxyl groups excluding tert-OH is 3. The lowest BCUT2D eigenvalue weighted by atomic mass is 10.0. The highest BCUT2D eigenvalue weighted by molar-refractivity contribution is 5.80. The Morgan fingerprint density at radius 3 is 1.00 bits per heavy atom. The van der Waals surface area contributed by atoms with Crippen LogP contribution in [0.1, 0.15) is 303 Å². The lowest BCUT2D eigenvalue weighted by Gasteiger charge is -2.21. The van der Waals surface area contributed by atoms with Crippen LogP contribution in [0.5, 0.6) is 0 Å². The Kier molecular flexibility index (Phi) is 50.5. The van der Waals surface area contributed by atoms with Crippen LogP contribution in [-0.2, 0) is 4.79 Å². The molecule has 0 aliphatic carbocycles. The lowest BCUT2D eigenvalue weighted by Crippen LogP contribution is -2.48. The molecule has 362 valence electrons. The maximum Gasteiger partial charge on any atom is 0.249 e. The summed E-state index contributed by atoms with van der Waals surface area (Å²) in [4.78, 5) is 12.5. The number of aliphatic hydroxyl groups is 3. The molecule has 5 nitrogen and oxygen atoms in total. The Morgan fingerprint density at radius 2 is 0.672 bits per heavy atom. The molecule has 0 fully saturated rings. The third-order valence-electron chi connectivity index (χ3n) is 13.0. The topological polar surface area (TPSA) is 89.8 Å². The fourth-order valence-corrected chi connectivity index (χ4v) is 8.73. The minimum Gasteiger partial charge on any atom is -0.394 e. The van der Waals surface area contributed by atoms with Crippen LogP contribution in [0.25, 0.3) is 0 Å². The molecule has 0 aliphatic heterocycles. The number of carbonyl (C=O) groups excluding carboxylic acids is 1. The van der Waals surface area contributed by atoms with E-state index in [0.29, 0.717) is 6.42 Å². The second-order valence-corrected chi connectivity index (χ2v) is 19.1. The van der Waals surface area contributed by atoms with E-state index in [-0.39, 0.29) is 6.61 Å². The molecule has 0 aromatic carbocycles. The number of hydrogen-bond acceptors (Lipinski definition) is 4. The predicted molar refractivity (Wildman–Crippen MR) is 268 cm³/mol.